The molecule has 0 aromatic carbocycles. The van der Waals surface area contributed by atoms with Crippen LogP contribution in [0.3, 0.4) is 0 Å². The first kappa shape index (κ1) is 13.8. The van der Waals surface area contributed by atoms with Gasteiger partial charge in [-0.15, -0.1) is 0 Å². The van der Waals surface area contributed by atoms with Crippen molar-refractivity contribution in [3.05, 3.63) is 0 Å². The Hall–Kier alpha value is -0.610. The molecule has 0 unspecified atom stereocenters. The molecule has 0 aromatic heterocycles. The van der Waals surface area contributed by atoms with E-state index in [1.54, 1.807) is 0 Å². The van der Waals surface area contributed by atoms with Crippen molar-refractivity contribution in [3.63, 3.8) is 0 Å². The molecule has 4 heteroatoms. The number of amides is 1. The second-order valence-electron chi connectivity index (χ2n) is 6.22. The lowest BCUT2D eigenvalue weighted by molar-refractivity contribution is -0.137. The van der Waals surface area contributed by atoms with Gasteiger partial charge in [0.1, 0.15) is 0 Å². The number of piperidine rings is 1. The molecular weight excluding hydrogens is 226 g/mol. The standard InChI is InChI=1S/C14H27N3O/c1-16-6-3-11(4-7-16)5-8-17(2)14(18)12-9-13(15)10-12/h11-13H,3-10,15H2,1-2H3. The van der Waals surface area contributed by atoms with Crippen LogP contribution in [0.5, 0.6) is 0 Å². The summed E-state index contributed by atoms with van der Waals surface area (Å²) in [5.74, 6) is 1.33. The van der Waals surface area contributed by atoms with Crippen molar-refractivity contribution in [1.29, 1.82) is 0 Å². The zero-order valence-electron chi connectivity index (χ0n) is 11.8. The molecule has 2 rings (SSSR count). The molecular formula is C14H27N3O. The van der Waals surface area contributed by atoms with Crippen molar-refractivity contribution in [2.75, 3.05) is 33.7 Å². The molecule has 0 bridgehead atoms. The number of nitrogens with zero attached hydrogens (tertiary/aromatic N) is 2. The van der Waals surface area contributed by atoms with E-state index in [0.717, 1.165) is 31.7 Å². The van der Waals surface area contributed by atoms with Crippen LogP contribution in [0.15, 0.2) is 0 Å². The molecule has 1 saturated heterocycles. The average Bonchev–Trinajstić information content (AvgIpc) is 2.33. The quantitative estimate of drug-likeness (QED) is 0.810. The molecule has 2 N–H and O–H groups in total. The fourth-order valence-corrected chi connectivity index (χ4v) is 3.01. The molecule has 18 heavy (non-hydrogen) atoms. The number of carbonyl (C=O) groups is 1. The van der Waals surface area contributed by atoms with Crippen LogP contribution in [0.25, 0.3) is 0 Å². The monoisotopic (exact) mass is 253 g/mol. The molecule has 1 aliphatic heterocycles. The molecule has 2 aliphatic rings. The number of nitrogens with two attached hydrogens (primary N) is 1. The molecule has 1 heterocycles. The van der Waals surface area contributed by atoms with Crippen LogP contribution in [0.1, 0.15) is 32.1 Å². The zero-order valence-corrected chi connectivity index (χ0v) is 11.8. The van der Waals surface area contributed by atoms with E-state index in [9.17, 15) is 4.79 Å². The van der Waals surface area contributed by atoms with Gasteiger partial charge in [-0.2, -0.15) is 0 Å². The van der Waals surface area contributed by atoms with E-state index in [1.807, 2.05) is 11.9 Å². The van der Waals surface area contributed by atoms with Crippen LogP contribution in [-0.2, 0) is 4.79 Å². The lowest BCUT2D eigenvalue weighted by Gasteiger charge is -2.35. The van der Waals surface area contributed by atoms with Crippen LogP contribution < -0.4 is 5.73 Å². The molecule has 0 spiro atoms. The van der Waals surface area contributed by atoms with Gasteiger partial charge in [0.05, 0.1) is 0 Å². The number of rotatable bonds is 4. The first-order chi connectivity index (χ1) is 8.56. The fraction of sp³-hybridized carbons (Fsp3) is 0.929. The first-order valence-electron chi connectivity index (χ1n) is 7.25. The van der Waals surface area contributed by atoms with Gasteiger partial charge in [-0.25, -0.2) is 0 Å². The summed E-state index contributed by atoms with van der Waals surface area (Å²) in [5.41, 5.74) is 5.74. The SMILES string of the molecule is CN1CCC(CCN(C)C(=O)C2CC(N)C2)CC1. The van der Waals surface area contributed by atoms with E-state index in [0.29, 0.717) is 5.91 Å². The van der Waals surface area contributed by atoms with Crippen molar-refractivity contribution in [3.8, 4) is 0 Å². The van der Waals surface area contributed by atoms with E-state index >= 15 is 0 Å². The predicted octanol–water partition coefficient (Wildman–Crippen LogP) is 0.914. The smallest absolute Gasteiger partial charge is 0.225 e. The topological polar surface area (TPSA) is 49.6 Å². The van der Waals surface area contributed by atoms with Crippen LogP contribution in [-0.4, -0.2) is 55.5 Å². The number of likely N-dealkylation sites (tertiary alicyclic amines) is 1. The van der Waals surface area contributed by atoms with Crippen LogP contribution in [0.2, 0.25) is 0 Å². The van der Waals surface area contributed by atoms with Gasteiger partial charge in [-0.1, -0.05) is 0 Å². The molecule has 1 saturated carbocycles. The number of hydrogen-bond donors (Lipinski definition) is 1. The predicted molar refractivity (Wildman–Crippen MR) is 73.2 cm³/mol. The van der Waals surface area contributed by atoms with E-state index in [4.69, 9.17) is 5.73 Å². The molecule has 1 aliphatic carbocycles. The maximum Gasteiger partial charge on any atom is 0.225 e. The van der Waals surface area contributed by atoms with Crippen LogP contribution >= 0.6 is 0 Å². The molecule has 0 atom stereocenters. The van der Waals surface area contributed by atoms with Gasteiger partial charge in [-0.3, -0.25) is 4.79 Å². The summed E-state index contributed by atoms with van der Waals surface area (Å²) in [6.45, 7) is 3.33. The minimum absolute atomic E-state index is 0.211. The van der Waals surface area contributed by atoms with Gasteiger partial charge in [0, 0.05) is 25.6 Å². The lowest BCUT2D eigenvalue weighted by atomic mass is 9.80. The maximum absolute atomic E-state index is 12.1. The van der Waals surface area contributed by atoms with Crippen molar-refractivity contribution < 1.29 is 4.79 Å². The normalized spacial score (nSPS) is 29.9. The van der Waals surface area contributed by atoms with Crippen molar-refractivity contribution in [2.24, 2.45) is 17.6 Å². The number of carbonyl (C=O) groups excluding carboxylic acids is 1. The maximum atomic E-state index is 12.1. The van der Waals surface area contributed by atoms with E-state index in [-0.39, 0.29) is 12.0 Å². The summed E-state index contributed by atoms with van der Waals surface area (Å²) in [6.07, 6.45) is 5.50. The molecule has 2 fully saturated rings. The third-order valence-corrected chi connectivity index (χ3v) is 4.61. The van der Waals surface area contributed by atoms with Crippen molar-refractivity contribution in [1.82, 2.24) is 9.80 Å². The Morgan fingerprint density at radius 2 is 1.94 bits per heavy atom. The summed E-state index contributed by atoms with van der Waals surface area (Å²) >= 11 is 0. The Morgan fingerprint density at radius 1 is 1.33 bits per heavy atom. The van der Waals surface area contributed by atoms with E-state index in [1.165, 1.54) is 25.9 Å². The highest BCUT2D eigenvalue weighted by Crippen LogP contribution is 2.27. The average molecular weight is 253 g/mol. The van der Waals surface area contributed by atoms with E-state index < -0.39 is 0 Å². The molecule has 1 amide bonds. The zero-order chi connectivity index (χ0) is 13.1. The van der Waals surface area contributed by atoms with Gasteiger partial charge >= 0.3 is 0 Å². The van der Waals surface area contributed by atoms with Gasteiger partial charge in [0.2, 0.25) is 5.91 Å². The van der Waals surface area contributed by atoms with Gasteiger partial charge in [0.15, 0.2) is 0 Å². The van der Waals surface area contributed by atoms with Gasteiger partial charge in [0.25, 0.3) is 0 Å². The molecule has 104 valence electrons. The van der Waals surface area contributed by atoms with E-state index in [2.05, 4.69) is 11.9 Å². The van der Waals surface area contributed by atoms with Gasteiger partial charge in [-0.05, 0) is 58.2 Å². The summed E-state index contributed by atoms with van der Waals surface area (Å²) in [5, 5.41) is 0. The number of hydrogen-bond acceptors (Lipinski definition) is 3. The summed E-state index contributed by atoms with van der Waals surface area (Å²) < 4.78 is 0. The summed E-state index contributed by atoms with van der Waals surface area (Å²) in [4.78, 5) is 16.4. The Bertz CT molecular complexity index is 281. The third kappa shape index (κ3) is 3.45. The molecule has 0 aromatic rings. The molecule has 4 nitrogen and oxygen atoms in total. The minimum Gasteiger partial charge on any atom is -0.346 e. The minimum atomic E-state index is 0.211. The van der Waals surface area contributed by atoms with Gasteiger partial charge < -0.3 is 15.5 Å². The largest absolute Gasteiger partial charge is 0.346 e. The Kier molecular flexibility index (Phi) is 4.62. The van der Waals surface area contributed by atoms with Crippen LogP contribution in [0, 0.1) is 11.8 Å². The summed E-state index contributed by atoms with van der Waals surface area (Å²) in [7, 11) is 4.13. The highest BCUT2D eigenvalue weighted by atomic mass is 16.2. The highest BCUT2D eigenvalue weighted by Gasteiger charge is 2.33. The Balaban J connectivity index is 1.65. The van der Waals surface area contributed by atoms with Crippen molar-refractivity contribution >= 4 is 5.91 Å². The Morgan fingerprint density at radius 3 is 2.50 bits per heavy atom. The second-order valence-corrected chi connectivity index (χ2v) is 6.22. The third-order valence-electron chi connectivity index (χ3n) is 4.61. The molecule has 0 radical (unpaired) electrons. The summed E-state index contributed by atoms with van der Waals surface area (Å²) in [6, 6.07) is 0.265. The lowest BCUT2D eigenvalue weighted by Crippen LogP contribution is -2.46. The first-order valence-corrected chi connectivity index (χ1v) is 7.25. The van der Waals surface area contributed by atoms with Crippen LogP contribution in [0.4, 0.5) is 0 Å². The highest BCUT2D eigenvalue weighted by molar-refractivity contribution is 5.79. The Labute approximate surface area is 110 Å². The van der Waals surface area contributed by atoms with Crippen molar-refractivity contribution in [2.45, 2.75) is 38.1 Å². The second kappa shape index (κ2) is 6.02. The fourth-order valence-electron chi connectivity index (χ4n) is 3.01.